The monoisotopic (exact) mass is 419 g/mol. The largest absolute Gasteiger partial charge is 0.328 e. The zero-order valence-corrected chi connectivity index (χ0v) is 16.4. The maximum Gasteiger partial charge on any atom is 0.319 e. The van der Waals surface area contributed by atoms with Gasteiger partial charge in [-0.25, -0.2) is 19.7 Å². The third-order valence-corrected chi connectivity index (χ3v) is 4.36. The molecule has 0 saturated carbocycles. The predicted octanol–water partition coefficient (Wildman–Crippen LogP) is 3.45. The normalized spacial score (nSPS) is 11.7. The van der Waals surface area contributed by atoms with E-state index in [1.54, 1.807) is 25.4 Å². The maximum atomic E-state index is 12.4. The Morgan fingerprint density at radius 2 is 1.82 bits per heavy atom. The number of urea groups is 1. The second kappa shape index (κ2) is 8.32. The van der Waals surface area contributed by atoms with Gasteiger partial charge in [-0.15, -0.1) is 0 Å². The summed E-state index contributed by atoms with van der Waals surface area (Å²) < 4.78 is 1.42. The van der Waals surface area contributed by atoms with E-state index in [1.807, 2.05) is 0 Å². The van der Waals surface area contributed by atoms with Crippen molar-refractivity contribution in [2.24, 2.45) is 0 Å². The lowest BCUT2D eigenvalue weighted by Crippen LogP contribution is -2.33. The topological polar surface area (TPSA) is 115 Å². The summed E-state index contributed by atoms with van der Waals surface area (Å²) in [5, 5.41) is 9.84. The van der Waals surface area contributed by atoms with Crippen LogP contribution in [0.4, 0.5) is 10.5 Å². The van der Waals surface area contributed by atoms with Gasteiger partial charge in [0.2, 0.25) is 0 Å². The van der Waals surface area contributed by atoms with E-state index in [2.05, 4.69) is 30.7 Å². The second-order valence-electron chi connectivity index (χ2n) is 5.77. The van der Waals surface area contributed by atoms with E-state index in [0.717, 1.165) is 0 Å². The Balaban J connectivity index is 1.75. The van der Waals surface area contributed by atoms with Crippen molar-refractivity contribution in [3.8, 4) is 5.95 Å². The number of amides is 2. The van der Waals surface area contributed by atoms with Crippen LogP contribution in [0.25, 0.3) is 5.95 Å². The molecule has 0 radical (unpaired) electrons. The van der Waals surface area contributed by atoms with E-state index in [0.29, 0.717) is 11.8 Å². The Kier molecular flexibility index (Phi) is 5.86. The van der Waals surface area contributed by atoms with Gasteiger partial charge in [-0.1, -0.05) is 23.2 Å². The number of carbonyl (C=O) groups is 2. The molecule has 3 rings (SSSR count). The summed E-state index contributed by atoms with van der Waals surface area (Å²) in [6, 6.07) is 3.44. The van der Waals surface area contributed by atoms with Gasteiger partial charge in [-0.05, 0) is 32.0 Å². The molecule has 0 spiro atoms. The number of rotatable bonds is 5. The lowest BCUT2D eigenvalue weighted by molar-refractivity contribution is 0.101. The van der Waals surface area contributed by atoms with Crippen LogP contribution < -0.4 is 10.6 Å². The standard InChI is InChI=1S/C17H15Cl2N7O2/c1-9(15-22-8-23-26(15)16-20-4-3-5-21-16)24-17(28)25-14-6-11(10(2)27)12(18)7-13(14)19/h3-9H,1-2H3,(H2,24,25,28). The molecule has 3 aromatic rings. The van der Waals surface area contributed by atoms with E-state index < -0.39 is 12.1 Å². The van der Waals surface area contributed by atoms with Crippen molar-refractivity contribution in [1.82, 2.24) is 30.0 Å². The average molecular weight is 420 g/mol. The van der Waals surface area contributed by atoms with E-state index >= 15 is 0 Å². The molecule has 9 nitrogen and oxygen atoms in total. The van der Waals surface area contributed by atoms with Crippen molar-refractivity contribution in [3.05, 3.63) is 58.4 Å². The van der Waals surface area contributed by atoms with Crippen molar-refractivity contribution in [2.75, 3.05) is 5.32 Å². The smallest absolute Gasteiger partial charge is 0.319 e. The molecule has 0 aliphatic rings. The Bertz CT molecular complexity index is 1020. The van der Waals surface area contributed by atoms with E-state index in [1.165, 1.54) is 30.1 Å². The Morgan fingerprint density at radius 1 is 1.11 bits per heavy atom. The number of hydrogen-bond donors (Lipinski definition) is 2. The molecule has 28 heavy (non-hydrogen) atoms. The van der Waals surface area contributed by atoms with Crippen LogP contribution in [0.3, 0.4) is 0 Å². The molecule has 11 heteroatoms. The minimum atomic E-state index is -0.547. The van der Waals surface area contributed by atoms with E-state index in [-0.39, 0.29) is 27.1 Å². The van der Waals surface area contributed by atoms with Crippen LogP contribution in [0.2, 0.25) is 10.0 Å². The molecular weight excluding hydrogens is 405 g/mol. The molecule has 144 valence electrons. The summed E-state index contributed by atoms with van der Waals surface area (Å²) in [6.07, 6.45) is 4.50. The number of ketones is 1. The molecule has 0 aliphatic carbocycles. The van der Waals surface area contributed by atoms with Crippen LogP contribution in [0.1, 0.15) is 36.1 Å². The highest BCUT2D eigenvalue weighted by molar-refractivity contribution is 6.38. The highest BCUT2D eigenvalue weighted by atomic mass is 35.5. The van der Waals surface area contributed by atoms with Crippen molar-refractivity contribution < 1.29 is 9.59 Å². The predicted molar refractivity (Wildman–Crippen MR) is 104 cm³/mol. The van der Waals surface area contributed by atoms with Gasteiger partial charge in [0.05, 0.1) is 21.8 Å². The van der Waals surface area contributed by atoms with Crippen molar-refractivity contribution >= 4 is 40.7 Å². The van der Waals surface area contributed by atoms with Crippen molar-refractivity contribution in [1.29, 1.82) is 0 Å². The van der Waals surface area contributed by atoms with Gasteiger partial charge in [-0.3, -0.25) is 4.79 Å². The number of nitrogens with one attached hydrogen (secondary N) is 2. The summed E-state index contributed by atoms with van der Waals surface area (Å²) in [6.45, 7) is 3.10. The SMILES string of the molecule is CC(=O)c1cc(NC(=O)NC(C)c2ncnn2-c2ncccn2)c(Cl)cc1Cl. The summed E-state index contributed by atoms with van der Waals surface area (Å²) in [5.41, 5.74) is 0.518. The Hall–Kier alpha value is -3.04. The minimum Gasteiger partial charge on any atom is -0.328 e. The Labute approximate surface area is 170 Å². The molecule has 2 amide bonds. The van der Waals surface area contributed by atoms with Gasteiger partial charge < -0.3 is 10.6 Å². The molecule has 2 N–H and O–H groups in total. The molecule has 1 atom stereocenters. The summed E-state index contributed by atoms with van der Waals surface area (Å²) in [7, 11) is 0. The summed E-state index contributed by atoms with van der Waals surface area (Å²) in [4.78, 5) is 36.4. The van der Waals surface area contributed by atoms with Gasteiger partial charge >= 0.3 is 6.03 Å². The number of nitrogens with zero attached hydrogens (tertiary/aromatic N) is 5. The second-order valence-corrected chi connectivity index (χ2v) is 6.58. The molecule has 2 aromatic heterocycles. The van der Waals surface area contributed by atoms with E-state index in [4.69, 9.17) is 23.2 Å². The lowest BCUT2D eigenvalue weighted by atomic mass is 10.1. The van der Waals surface area contributed by atoms with Gasteiger partial charge in [0.25, 0.3) is 5.95 Å². The quantitative estimate of drug-likeness (QED) is 0.611. The molecular formula is C17H15Cl2N7O2. The number of anilines is 1. The van der Waals surface area contributed by atoms with Gasteiger partial charge in [0.1, 0.15) is 6.33 Å². The zero-order valence-electron chi connectivity index (χ0n) is 14.8. The zero-order chi connectivity index (χ0) is 20.3. The summed E-state index contributed by atoms with van der Waals surface area (Å²) >= 11 is 12.1. The highest BCUT2D eigenvalue weighted by Gasteiger charge is 2.19. The third kappa shape index (κ3) is 4.26. The maximum absolute atomic E-state index is 12.4. The molecule has 2 heterocycles. The Morgan fingerprint density at radius 3 is 2.50 bits per heavy atom. The fourth-order valence-electron chi connectivity index (χ4n) is 2.43. The number of benzene rings is 1. The molecule has 1 unspecified atom stereocenters. The van der Waals surface area contributed by atoms with Crippen LogP contribution in [-0.2, 0) is 0 Å². The fourth-order valence-corrected chi connectivity index (χ4v) is 3.00. The van der Waals surface area contributed by atoms with Crippen LogP contribution in [0.5, 0.6) is 0 Å². The van der Waals surface area contributed by atoms with Crippen LogP contribution in [0, 0.1) is 0 Å². The van der Waals surface area contributed by atoms with E-state index in [9.17, 15) is 9.59 Å². The van der Waals surface area contributed by atoms with Gasteiger partial charge in [-0.2, -0.15) is 9.78 Å². The van der Waals surface area contributed by atoms with Crippen LogP contribution in [-0.4, -0.2) is 36.5 Å². The molecule has 1 aromatic carbocycles. The molecule has 0 fully saturated rings. The van der Waals surface area contributed by atoms with Gasteiger partial charge in [0, 0.05) is 18.0 Å². The first kappa shape index (κ1) is 19.7. The van der Waals surface area contributed by atoms with Crippen molar-refractivity contribution in [3.63, 3.8) is 0 Å². The number of Topliss-reactive ketones (excluding diaryl/α,β-unsaturated/α-hetero) is 1. The van der Waals surface area contributed by atoms with Crippen LogP contribution in [0.15, 0.2) is 36.9 Å². The third-order valence-electron chi connectivity index (χ3n) is 3.73. The van der Waals surface area contributed by atoms with Crippen LogP contribution >= 0.6 is 23.2 Å². The van der Waals surface area contributed by atoms with Crippen molar-refractivity contribution in [2.45, 2.75) is 19.9 Å². The first-order valence-electron chi connectivity index (χ1n) is 8.11. The first-order chi connectivity index (χ1) is 13.4. The number of aromatic nitrogens is 5. The lowest BCUT2D eigenvalue weighted by Gasteiger charge is -2.15. The van der Waals surface area contributed by atoms with Gasteiger partial charge in [0.15, 0.2) is 11.6 Å². The fraction of sp³-hybridized carbons (Fsp3) is 0.176. The first-order valence-corrected chi connectivity index (χ1v) is 8.87. The minimum absolute atomic E-state index is 0.207. The number of hydrogen-bond acceptors (Lipinski definition) is 6. The molecule has 0 aliphatic heterocycles. The molecule has 0 bridgehead atoms. The number of halogens is 2. The number of carbonyl (C=O) groups excluding carboxylic acids is 2. The summed E-state index contributed by atoms with van der Waals surface area (Å²) in [5.74, 6) is 0.526. The highest BCUT2D eigenvalue weighted by Crippen LogP contribution is 2.29. The average Bonchev–Trinajstić information content (AvgIpc) is 3.14. The molecule has 0 saturated heterocycles.